The number of nitrogens with zero attached hydrogens (tertiary/aromatic N) is 2. The van der Waals surface area contributed by atoms with Crippen molar-refractivity contribution in [1.29, 1.82) is 0 Å². The van der Waals surface area contributed by atoms with Gasteiger partial charge in [0.1, 0.15) is 5.69 Å². The molecule has 0 aromatic carbocycles. The van der Waals surface area contributed by atoms with E-state index in [9.17, 15) is 9.90 Å². The monoisotopic (exact) mass is 374 g/mol. The first-order chi connectivity index (χ1) is 9.06. The van der Waals surface area contributed by atoms with Gasteiger partial charge in [0, 0.05) is 27.9 Å². The second-order valence-electron chi connectivity index (χ2n) is 5.79. The summed E-state index contributed by atoms with van der Waals surface area (Å²) in [5.41, 5.74) is 0.442. The van der Waals surface area contributed by atoms with Crippen LogP contribution < -0.4 is 0 Å². The van der Waals surface area contributed by atoms with Crippen LogP contribution >= 0.6 is 22.6 Å². The lowest BCUT2D eigenvalue weighted by Crippen LogP contribution is -2.50. The first-order valence-corrected chi connectivity index (χ1v) is 7.96. The average Bonchev–Trinajstić information content (AvgIpc) is 2.71. The Balaban J connectivity index is 1.89. The zero-order valence-corrected chi connectivity index (χ0v) is 13.2. The predicted molar refractivity (Wildman–Crippen MR) is 81.6 cm³/mol. The quantitative estimate of drug-likeness (QED) is 0.810. The molecule has 1 aromatic heterocycles. The Morgan fingerprint density at radius 1 is 1.32 bits per heavy atom. The minimum absolute atomic E-state index is 0.348. The van der Waals surface area contributed by atoms with Gasteiger partial charge in [0.25, 0.3) is 0 Å². The number of carboxylic acid groups (broad SMARTS) is 1. The SMILES string of the molecule is CN1C2CCCC1CC(n1cc(I)cc1C(=O)O)C2. The molecule has 2 aliphatic heterocycles. The zero-order chi connectivity index (χ0) is 13.6. The molecule has 2 fully saturated rings. The van der Waals surface area contributed by atoms with Crippen molar-refractivity contribution in [2.24, 2.45) is 0 Å². The van der Waals surface area contributed by atoms with Crippen molar-refractivity contribution in [3.8, 4) is 0 Å². The summed E-state index contributed by atoms with van der Waals surface area (Å²) in [5.74, 6) is -0.813. The molecule has 3 rings (SSSR count). The molecule has 5 heteroatoms. The van der Waals surface area contributed by atoms with Gasteiger partial charge in [-0.25, -0.2) is 4.79 Å². The van der Waals surface area contributed by atoms with Gasteiger partial charge in [-0.2, -0.15) is 0 Å². The highest BCUT2D eigenvalue weighted by atomic mass is 127. The maximum absolute atomic E-state index is 11.4. The van der Waals surface area contributed by atoms with Crippen LogP contribution in [0.15, 0.2) is 12.3 Å². The number of carboxylic acids is 1. The number of halogens is 1. The summed E-state index contributed by atoms with van der Waals surface area (Å²) in [6.07, 6.45) is 7.99. The molecule has 0 amide bonds. The van der Waals surface area contributed by atoms with Crippen molar-refractivity contribution in [2.45, 2.75) is 50.2 Å². The van der Waals surface area contributed by atoms with Crippen molar-refractivity contribution >= 4 is 28.6 Å². The van der Waals surface area contributed by atoms with Crippen LogP contribution in [-0.2, 0) is 0 Å². The van der Waals surface area contributed by atoms with Crippen molar-refractivity contribution in [3.63, 3.8) is 0 Å². The Labute approximate surface area is 126 Å². The first kappa shape index (κ1) is 13.4. The van der Waals surface area contributed by atoms with Crippen LogP contribution in [0.5, 0.6) is 0 Å². The van der Waals surface area contributed by atoms with Gasteiger partial charge in [0.2, 0.25) is 0 Å². The van der Waals surface area contributed by atoms with Gasteiger partial charge < -0.3 is 14.6 Å². The van der Waals surface area contributed by atoms with E-state index in [1.807, 2.05) is 10.8 Å². The lowest BCUT2D eigenvalue weighted by molar-refractivity contribution is 0.0380. The van der Waals surface area contributed by atoms with Gasteiger partial charge in [0.15, 0.2) is 0 Å². The molecule has 2 bridgehead atoms. The third-order valence-electron chi connectivity index (χ3n) is 4.74. The molecular weight excluding hydrogens is 355 g/mol. The van der Waals surface area contributed by atoms with E-state index < -0.39 is 5.97 Å². The van der Waals surface area contributed by atoms with Crippen LogP contribution in [-0.4, -0.2) is 39.7 Å². The highest BCUT2D eigenvalue weighted by Crippen LogP contribution is 2.39. The number of aromatic carboxylic acids is 1. The number of aromatic nitrogens is 1. The van der Waals surface area contributed by atoms with Crippen LogP contribution in [0.25, 0.3) is 0 Å². The molecule has 0 radical (unpaired) electrons. The third kappa shape index (κ3) is 2.42. The smallest absolute Gasteiger partial charge is 0.352 e. The summed E-state index contributed by atoms with van der Waals surface area (Å²) >= 11 is 2.20. The first-order valence-electron chi connectivity index (χ1n) is 6.89. The highest BCUT2D eigenvalue weighted by Gasteiger charge is 2.37. The molecule has 104 valence electrons. The highest BCUT2D eigenvalue weighted by molar-refractivity contribution is 14.1. The van der Waals surface area contributed by atoms with E-state index in [2.05, 4.69) is 34.5 Å². The predicted octanol–water partition coefficient (Wildman–Crippen LogP) is 2.98. The van der Waals surface area contributed by atoms with Crippen LogP contribution in [0.4, 0.5) is 0 Å². The molecule has 4 nitrogen and oxygen atoms in total. The fraction of sp³-hybridized carbons (Fsp3) is 0.643. The van der Waals surface area contributed by atoms with Crippen LogP contribution in [0.3, 0.4) is 0 Å². The fourth-order valence-corrected chi connectivity index (χ4v) is 4.33. The van der Waals surface area contributed by atoms with E-state index in [0.29, 0.717) is 23.8 Å². The molecule has 1 aromatic rings. The average molecular weight is 374 g/mol. The Morgan fingerprint density at radius 3 is 2.53 bits per heavy atom. The second kappa shape index (κ2) is 5.09. The molecule has 2 atom stereocenters. The summed E-state index contributed by atoms with van der Waals surface area (Å²) in [6, 6.07) is 3.37. The maximum Gasteiger partial charge on any atom is 0.352 e. The van der Waals surface area contributed by atoms with E-state index >= 15 is 0 Å². The molecule has 19 heavy (non-hydrogen) atoms. The largest absolute Gasteiger partial charge is 0.477 e. The number of hydrogen-bond donors (Lipinski definition) is 1. The summed E-state index contributed by atoms with van der Waals surface area (Å²) in [4.78, 5) is 13.9. The normalized spacial score (nSPS) is 31.4. The summed E-state index contributed by atoms with van der Waals surface area (Å²) in [5, 5.41) is 9.33. The van der Waals surface area contributed by atoms with Crippen LogP contribution in [0, 0.1) is 3.57 Å². The molecule has 0 spiro atoms. The molecule has 2 aliphatic rings. The lowest BCUT2D eigenvalue weighted by Gasteiger charge is -2.47. The third-order valence-corrected chi connectivity index (χ3v) is 5.33. The Hall–Kier alpha value is -0.560. The van der Waals surface area contributed by atoms with Gasteiger partial charge in [-0.05, 0) is 61.4 Å². The van der Waals surface area contributed by atoms with Crippen LogP contribution in [0.2, 0.25) is 0 Å². The molecule has 3 heterocycles. The van der Waals surface area contributed by atoms with Gasteiger partial charge in [-0.1, -0.05) is 6.42 Å². The summed E-state index contributed by atoms with van der Waals surface area (Å²) < 4.78 is 3.02. The number of carbonyl (C=O) groups is 1. The van der Waals surface area contributed by atoms with E-state index in [-0.39, 0.29) is 0 Å². The van der Waals surface area contributed by atoms with Crippen LogP contribution in [0.1, 0.15) is 48.6 Å². The molecule has 0 aliphatic carbocycles. The summed E-state index contributed by atoms with van der Waals surface area (Å²) in [6.45, 7) is 0. The van der Waals surface area contributed by atoms with Gasteiger partial charge >= 0.3 is 5.97 Å². The van der Waals surface area contributed by atoms with Crippen molar-refractivity contribution in [3.05, 3.63) is 21.5 Å². The maximum atomic E-state index is 11.4. The Kier molecular flexibility index (Phi) is 3.59. The number of rotatable bonds is 2. The Morgan fingerprint density at radius 2 is 1.95 bits per heavy atom. The number of fused-ring (bicyclic) bond motifs is 2. The number of piperidine rings is 2. The lowest BCUT2D eigenvalue weighted by atomic mass is 9.82. The van der Waals surface area contributed by atoms with Gasteiger partial charge in [-0.3, -0.25) is 0 Å². The van der Waals surface area contributed by atoms with Crippen molar-refractivity contribution in [1.82, 2.24) is 9.47 Å². The van der Waals surface area contributed by atoms with E-state index in [1.165, 1.54) is 19.3 Å². The topological polar surface area (TPSA) is 45.5 Å². The zero-order valence-electron chi connectivity index (χ0n) is 11.1. The van der Waals surface area contributed by atoms with Crippen molar-refractivity contribution < 1.29 is 9.90 Å². The molecule has 1 N–H and O–H groups in total. The minimum atomic E-state index is -0.813. The molecule has 0 saturated carbocycles. The van der Waals surface area contributed by atoms with Gasteiger partial charge in [0.05, 0.1) is 0 Å². The Bertz CT molecular complexity index is 486. The van der Waals surface area contributed by atoms with E-state index in [1.54, 1.807) is 6.07 Å². The minimum Gasteiger partial charge on any atom is -0.477 e. The van der Waals surface area contributed by atoms with Crippen molar-refractivity contribution in [2.75, 3.05) is 7.05 Å². The summed E-state index contributed by atoms with van der Waals surface area (Å²) in [7, 11) is 2.22. The molecule has 2 unspecified atom stereocenters. The number of hydrogen-bond acceptors (Lipinski definition) is 2. The van der Waals surface area contributed by atoms with Gasteiger partial charge in [-0.15, -0.1) is 0 Å². The van der Waals surface area contributed by atoms with E-state index in [4.69, 9.17) is 0 Å². The molecular formula is C14H19IN2O2. The second-order valence-corrected chi connectivity index (χ2v) is 7.03. The molecule has 2 saturated heterocycles. The fourth-order valence-electron chi connectivity index (χ4n) is 3.73. The standard InChI is InChI=1S/C14H19IN2O2/c1-16-10-3-2-4-11(16)7-12(6-10)17-8-9(15)5-13(17)14(18)19/h5,8,10-12H,2-4,6-7H2,1H3,(H,18,19). The van der Waals surface area contributed by atoms with E-state index in [0.717, 1.165) is 16.4 Å².